The van der Waals surface area contributed by atoms with E-state index in [0.29, 0.717) is 0 Å². The van der Waals surface area contributed by atoms with Crippen LogP contribution in [0.2, 0.25) is 0 Å². The van der Waals surface area contributed by atoms with Gasteiger partial charge in [-0.15, -0.1) is 0 Å². The lowest BCUT2D eigenvalue weighted by Gasteiger charge is -2.14. The Morgan fingerprint density at radius 1 is 0.667 bits per heavy atom. The molecule has 0 heterocycles. The van der Waals surface area contributed by atoms with Gasteiger partial charge in [-0.3, -0.25) is 0 Å². The minimum atomic E-state index is 0.889. The molecule has 0 aromatic heterocycles. The maximum absolute atomic E-state index is 2.43. The van der Waals surface area contributed by atoms with Crippen molar-refractivity contribution in [2.24, 2.45) is 17.8 Å². The lowest BCUT2D eigenvalue weighted by atomic mass is 9.92. The molecule has 0 aliphatic carbocycles. The van der Waals surface area contributed by atoms with Crippen LogP contribution in [0.1, 0.15) is 79.6 Å². The van der Waals surface area contributed by atoms with Gasteiger partial charge in [0, 0.05) is 0 Å². The van der Waals surface area contributed by atoms with Crippen molar-refractivity contribution in [3.8, 4) is 0 Å². The van der Waals surface area contributed by atoms with Crippen LogP contribution < -0.4 is 0 Å². The molecule has 0 aromatic carbocycles. The molecule has 0 bridgehead atoms. The predicted molar refractivity (Wildman–Crippen MR) is 71.2 cm³/mol. The molecule has 0 aliphatic heterocycles. The highest BCUT2D eigenvalue weighted by molar-refractivity contribution is 4.58. The van der Waals surface area contributed by atoms with Gasteiger partial charge in [-0.05, 0) is 17.8 Å². The van der Waals surface area contributed by atoms with Crippen LogP contribution in [0.5, 0.6) is 0 Å². The second kappa shape index (κ2) is 9.24. The van der Waals surface area contributed by atoms with Crippen LogP contribution in [0, 0.1) is 17.8 Å². The topological polar surface area (TPSA) is 0 Å². The van der Waals surface area contributed by atoms with Crippen molar-refractivity contribution in [2.45, 2.75) is 79.6 Å². The Bertz CT molecular complexity index is 126. The summed E-state index contributed by atoms with van der Waals surface area (Å²) >= 11 is 0. The first-order chi connectivity index (χ1) is 7.06. The van der Waals surface area contributed by atoms with Gasteiger partial charge in [0.1, 0.15) is 0 Å². The van der Waals surface area contributed by atoms with E-state index >= 15 is 0 Å². The van der Waals surface area contributed by atoms with Crippen LogP contribution in [0.3, 0.4) is 0 Å². The number of hydrogen-bond donors (Lipinski definition) is 0. The summed E-state index contributed by atoms with van der Waals surface area (Å²) in [5.41, 5.74) is 0. The van der Waals surface area contributed by atoms with E-state index in [1.165, 1.54) is 44.9 Å². The van der Waals surface area contributed by atoms with Crippen molar-refractivity contribution in [1.82, 2.24) is 0 Å². The normalized spacial score (nSPS) is 15.6. The third-order valence-corrected chi connectivity index (χ3v) is 3.58. The average Bonchev–Trinajstić information content (AvgIpc) is 2.20. The van der Waals surface area contributed by atoms with Crippen molar-refractivity contribution in [3.63, 3.8) is 0 Å². The van der Waals surface area contributed by atoms with Gasteiger partial charge < -0.3 is 0 Å². The molecule has 0 amide bonds. The molecule has 0 nitrogen and oxygen atoms in total. The average molecular weight is 212 g/mol. The first-order valence-electron chi connectivity index (χ1n) is 7.06. The van der Waals surface area contributed by atoms with Crippen LogP contribution in [-0.4, -0.2) is 0 Å². The fourth-order valence-corrected chi connectivity index (χ4v) is 1.96. The quantitative estimate of drug-likeness (QED) is 0.432. The standard InChI is InChI=1S/C15H32/c1-6-14(4)11-12-15(5)10-8-7-9-13(2)3/h13-15H,6-12H2,1-5H3. The number of unbranched alkanes of at least 4 members (excludes halogenated alkanes) is 1. The Labute approximate surface area is 97.8 Å². The molecule has 0 aliphatic rings. The van der Waals surface area contributed by atoms with Crippen LogP contribution >= 0.6 is 0 Å². The molecule has 2 atom stereocenters. The SMILES string of the molecule is CCC(C)CCC(C)CCCCC(C)C. The lowest BCUT2D eigenvalue weighted by Crippen LogP contribution is -2.00. The summed E-state index contributed by atoms with van der Waals surface area (Å²) in [5.74, 6) is 2.77. The third-order valence-electron chi connectivity index (χ3n) is 3.58. The van der Waals surface area contributed by atoms with E-state index < -0.39 is 0 Å². The number of hydrogen-bond acceptors (Lipinski definition) is 0. The summed E-state index contributed by atoms with van der Waals surface area (Å²) in [6, 6.07) is 0. The fraction of sp³-hybridized carbons (Fsp3) is 1.00. The molecule has 0 rings (SSSR count). The lowest BCUT2D eigenvalue weighted by molar-refractivity contribution is 0.389. The van der Waals surface area contributed by atoms with E-state index in [0.717, 1.165) is 17.8 Å². The van der Waals surface area contributed by atoms with E-state index in [2.05, 4.69) is 34.6 Å². The van der Waals surface area contributed by atoms with Crippen LogP contribution in [0.25, 0.3) is 0 Å². The Morgan fingerprint density at radius 2 is 1.20 bits per heavy atom. The highest BCUT2D eigenvalue weighted by Crippen LogP contribution is 2.20. The zero-order valence-corrected chi connectivity index (χ0v) is 11.7. The third kappa shape index (κ3) is 10.3. The molecule has 92 valence electrons. The monoisotopic (exact) mass is 212 g/mol. The molecule has 0 heteroatoms. The maximum atomic E-state index is 2.43. The van der Waals surface area contributed by atoms with E-state index in [4.69, 9.17) is 0 Å². The van der Waals surface area contributed by atoms with Crippen molar-refractivity contribution in [3.05, 3.63) is 0 Å². The Hall–Kier alpha value is 0. The molecule has 0 spiro atoms. The number of rotatable bonds is 9. The van der Waals surface area contributed by atoms with Gasteiger partial charge in [-0.25, -0.2) is 0 Å². The molecule has 0 radical (unpaired) electrons. The summed E-state index contributed by atoms with van der Waals surface area (Å²) in [6.45, 7) is 11.8. The van der Waals surface area contributed by atoms with Crippen LogP contribution in [0.15, 0.2) is 0 Å². The Balaban J connectivity index is 3.29. The summed E-state index contributed by atoms with van der Waals surface area (Å²) in [4.78, 5) is 0. The van der Waals surface area contributed by atoms with E-state index in [-0.39, 0.29) is 0 Å². The highest BCUT2D eigenvalue weighted by atomic mass is 14.1. The minimum Gasteiger partial charge on any atom is -0.0651 e. The van der Waals surface area contributed by atoms with E-state index in [9.17, 15) is 0 Å². The molecule has 0 N–H and O–H groups in total. The smallest absolute Gasteiger partial charge is 0.0443 e. The van der Waals surface area contributed by atoms with Crippen LogP contribution in [0.4, 0.5) is 0 Å². The first-order valence-corrected chi connectivity index (χ1v) is 7.06. The molecule has 2 unspecified atom stereocenters. The van der Waals surface area contributed by atoms with E-state index in [1.807, 2.05) is 0 Å². The molecule has 15 heavy (non-hydrogen) atoms. The van der Waals surface area contributed by atoms with Gasteiger partial charge in [-0.1, -0.05) is 79.6 Å². The van der Waals surface area contributed by atoms with Crippen molar-refractivity contribution in [2.75, 3.05) is 0 Å². The zero-order chi connectivity index (χ0) is 11.7. The van der Waals surface area contributed by atoms with Gasteiger partial charge in [0.05, 0.1) is 0 Å². The second-order valence-corrected chi connectivity index (χ2v) is 5.87. The van der Waals surface area contributed by atoms with Gasteiger partial charge >= 0.3 is 0 Å². The van der Waals surface area contributed by atoms with Crippen molar-refractivity contribution >= 4 is 0 Å². The summed E-state index contributed by atoms with van der Waals surface area (Å²) in [7, 11) is 0. The van der Waals surface area contributed by atoms with Gasteiger partial charge in [-0.2, -0.15) is 0 Å². The van der Waals surface area contributed by atoms with Crippen molar-refractivity contribution < 1.29 is 0 Å². The van der Waals surface area contributed by atoms with Crippen molar-refractivity contribution in [1.29, 1.82) is 0 Å². The minimum absolute atomic E-state index is 0.889. The molecule has 0 saturated heterocycles. The Morgan fingerprint density at radius 3 is 1.73 bits per heavy atom. The van der Waals surface area contributed by atoms with Gasteiger partial charge in [0.25, 0.3) is 0 Å². The summed E-state index contributed by atoms with van der Waals surface area (Å²) < 4.78 is 0. The van der Waals surface area contributed by atoms with Gasteiger partial charge in [0.15, 0.2) is 0 Å². The fourth-order valence-electron chi connectivity index (χ4n) is 1.96. The van der Waals surface area contributed by atoms with Crippen LogP contribution in [-0.2, 0) is 0 Å². The Kier molecular flexibility index (Phi) is 9.24. The second-order valence-electron chi connectivity index (χ2n) is 5.87. The summed E-state index contributed by atoms with van der Waals surface area (Å²) in [6.07, 6.45) is 9.96. The molecule has 0 saturated carbocycles. The first kappa shape index (κ1) is 15.0. The molecular formula is C15H32. The maximum Gasteiger partial charge on any atom is -0.0443 e. The summed E-state index contributed by atoms with van der Waals surface area (Å²) in [5, 5.41) is 0. The largest absolute Gasteiger partial charge is 0.0651 e. The van der Waals surface area contributed by atoms with Gasteiger partial charge in [0.2, 0.25) is 0 Å². The predicted octanol–water partition coefficient (Wildman–Crippen LogP) is 5.67. The molecule has 0 fully saturated rings. The highest BCUT2D eigenvalue weighted by Gasteiger charge is 2.05. The molecule has 0 aromatic rings. The van der Waals surface area contributed by atoms with E-state index in [1.54, 1.807) is 0 Å². The molecular weight excluding hydrogens is 180 g/mol. The zero-order valence-electron chi connectivity index (χ0n) is 11.7.